The quantitative estimate of drug-likeness (QED) is 0.665. The number of phenols is 1. The summed E-state index contributed by atoms with van der Waals surface area (Å²) in [6, 6.07) is 4.05. The molecule has 1 aromatic carbocycles. The normalized spacial score (nSPS) is 21.1. The van der Waals surface area contributed by atoms with Gasteiger partial charge in [0.15, 0.2) is 0 Å². The number of hydrogen-bond acceptors (Lipinski definition) is 3. The van der Waals surface area contributed by atoms with Crippen LogP contribution in [0.5, 0.6) is 11.5 Å². The molecule has 0 spiro atoms. The first kappa shape index (κ1) is 20.0. The van der Waals surface area contributed by atoms with E-state index in [9.17, 15) is 5.11 Å². The first-order chi connectivity index (χ1) is 10.5. The van der Waals surface area contributed by atoms with Crippen molar-refractivity contribution in [3.63, 3.8) is 0 Å². The third-order valence-electron chi connectivity index (χ3n) is 4.01. The third kappa shape index (κ3) is 6.22. The van der Waals surface area contributed by atoms with Crippen molar-refractivity contribution < 1.29 is 32.1 Å². The Kier molecular flexibility index (Phi) is 9.70. The van der Waals surface area contributed by atoms with Crippen LogP contribution in [0.4, 0.5) is 0 Å². The summed E-state index contributed by atoms with van der Waals surface area (Å²) >= 11 is -0.826. The number of aromatic hydroxyl groups is 1. The van der Waals surface area contributed by atoms with E-state index in [1.54, 1.807) is 13.3 Å². The molecule has 0 amide bonds. The largest absolute Gasteiger partial charge is 0 e. The average molecular weight is 426 g/mol. The Bertz CT molecular complexity index is 503. The zero-order chi connectivity index (χ0) is 16.5. The maximum atomic E-state index is 10.1. The second kappa shape index (κ2) is 10.7. The molecular weight excluding hydrogens is 400 g/mol. The number of benzene rings is 1. The first-order valence-corrected chi connectivity index (χ1v) is 13.7. The molecule has 0 heterocycles. The molecule has 0 saturated heterocycles. The van der Waals surface area contributed by atoms with Crippen molar-refractivity contribution in [2.75, 3.05) is 7.11 Å². The molecule has 0 radical (unpaired) electrons. The number of hydrogen-bond donors (Lipinski definition) is 1. The zero-order valence-electron chi connectivity index (χ0n) is 13.3. The molecule has 1 N–H and O–H groups in total. The van der Waals surface area contributed by atoms with Crippen LogP contribution >= 0.6 is 17.0 Å². The third-order valence-corrected chi connectivity index (χ3v) is 4.01. The zero-order valence-corrected chi connectivity index (χ0v) is 17.2. The molecule has 1 saturated carbocycles. The van der Waals surface area contributed by atoms with Crippen molar-refractivity contribution in [1.29, 1.82) is 0 Å². The van der Waals surface area contributed by atoms with Gasteiger partial charge >= 0.3 is 37.9 Å². The Morgan fingerprint density at radius 2 is 2.00 bits per heavy atom. The second-order valence-corrected chi connectivity index (χ2v) is 9.29. The van der Waals surface area contributed by atoms with Gasteiger partial charge in [-0.1, -0.05) is 19.8 Å². The van der Waals surface area contributed by atoms with Crippen molar-refractivity contribution in [2.45, 2.75) is 45.6 Å². The van der Waals surface area contributed by atoms with Gasteiger partial charge in [-0.05, 0) is 43.4 Å². The van der Waals surface area contributed by atoms with Gasteiger partial charge in [0.2, 0.25) is 0 Å². The standard InChI is InChI=1S/C16H23NO2.2ClH.Zr.H2/c1-11-6-4-5-7-15(11)17-10-13-9-14(19-3)8-12(2)16(13)18;;;;/h8-11,15,18H,4-7H2,1-3H3;2*1H;;1H/q;;;+2;/p-2. The molecule has 2 rings (SSSR count). The van der Waals surface area contributed by atoms with Crippen LogP contribution in [-0.4, -0.2) is 24.5 Å². The van der Waals surface area contributed by atoms with Crippen LogP contribution in [0.1, 0.15) is 45.2 Å². The summed E-state index contributed by atoms with van der Waals surface area (Å²) in [7, 11) is 11.5. The molecule has 2 unspecified atom stereocenters. The van der Waals surface area contributed by atoms with E-state index in [4.69, 9.17) is 21.8 Å². The molecule has 1 aromatic rings. The summed E-state index contributed by atoms with van der Waals surface area (Å²) in [5.74, 6) is 1.69. The van der Waals surface area contributed by atoms with Gasteiger partial charge in [0.25, 0.3) is 0 Å². The maximum absolute atomic E-state index is 10.1. The van der Waals surface area contributed by atoms with Crippen molar-refractivity contribution in [1.82, 2.24) is 0 Å². The van der Waals surface area contributed by atoms with E-state index in [0.717, 1.165) is 23.3 Å². The molecule has 0 aliphatic heterocycles. The van der Waals surface area contributed by atoms with Crippen LogP contribution < -0.4 is 4.74 Å². The minimum atomic E-state index is -0.826. The minimum absolute atomic E-state index is 0. The van der Waals surface area contributed by atoms with Gasteiger partial charge in [0.1, 0.15) is 11.5 Å². The van der Waals surface area contributed by atoms with Crippen LogP contribution in [0.15, 0.2) is 17.1 Å². The van der Waals surface area contributed by atoms with E-state index >= 15 is 0 Å². The predicted molar refractivity (Wildman–Crippen MR) is 92.2 cm³/mol. The monoisotopic (exact) mass is 423 g/mol. The average Bonchev–Trinajstić information content (AvgIpc) is 2.50. The number of aryl methyl sites for hydroxylation is 1. The first-order valence-electron chi connectivity index (χ1n) is 7.40. The van der Waals surface area contributed by atoms with E-state index < -0.39 is 20.8 Å². The number of phenolic OH excluding ortho intramolecular Hbond substituents is 1. The fourth-order valence-electron chi connectivity index (χ4n) is 2.68. The summed E-state index contributed by atoms with van der Waals surface area (Å²) in [5.41, 5.74) is 1.56. The molecule has 3 nitrogen and oxygen atoms in total. The van der Waals surface area contributed by atoms with Gasteiger partial charge in [-0.2, -0.15) is 0 Å². The number of halogens is 2. The summed E-state index contributed by atoms with van der Waals surface area (Å²) < 4.78 is 5.23. The number of methoxy groups -OCH3 is 1. The van der Waals surface area contributed by atoms with Crippen LogP contribution in [0.2, 0.25) is 0 Å². The van der Waals surface area contributed by atoms with Gasteiger partial charge in [0.05, 0.1) is 13.2 Å². The molecule has 22 heavy (non-hydrogen) atoms. The molecular formula is C16H25Cl2NO2Zr. The molecule has 2 atom stereocenters. The van der Waals surface area contributed by atoms with Crippen molar-refractivity contribution >= 4 is 23.2 Å². The van der Waals surface area contributed by atoms with Crippen molar-refractivity contribution in [3.8, 4) is 11.5 Å². The van der Waals surface area contributed by atoms with E-state index in [2.05, 4.69) is 11.9 Å². The van der Waals surface area contributed by atoms with Crippen molar-refractivity contribution in [2.24, 2.45) is 10.9 Å². The Hall–Kier alpha value is -0.0469. The molecule has 1 aliphatic carbocycles. The van der Waals surface area contributed by atoms with E-state index in [1.165, 1.54) is 19.3 Å². The molecule has 0 bridgehead atoms. The van der Waals surface area contributed by atoms with Gasteiger partial charge in [0, 0.05) is 13.2 Å². The van der Waals surface area contributed by atoms with Gasteiger partial charge < -0.3 is 9.84 Å². The number of nitrogens with zero attached hydrogens (tertiary/aromatic N) is 1. The van der Waals surface area contributed by atoms with Crippen LogP contribution in [0, 0.1) is 12.8 Å². The Morgan fingerprint density at radius 1 is 1.36 bits per heavy atom. The Balaban J connectivity index is 0.00000112. The van der Waals surface area contributed by atoms with E-state index in [1.807, 2.05) is 19.1 Å². The van der Waals surface area contributed by atoms with Gasteiger partial charge in [-0.15, -0.1) is 0 Å². The summed E-state index contributed by atoms with van der Waals surface area (Å²) in [6.45, 7) is 4.14. The van der Waals surface area contributed by atoms with E-state index in [-0.39, 0.29) is 1.43 Å². The Morgan fingerprint density at radius 3 is 2.59 bits per heavy atom. The summed E-state index contributed by atoms with van der Waals surface area (Å²) in [6.07, 6.45) is 6.79. The summed E-state index contributed by atoms with van der Waals surface area (Å²) in [5, 5.41) is 10.1. The Labute approximate surface area is 153 Å². The fraction of sp³-hybridized carbons (Fsp3) is 0.562. The van der Waals surface area contributed by atoms with E-state index in [0.29, 0.717) is 17.7 Å². The van der Waals surface area contributed by atoms with Crippen LogP contribution in [0.3, 0.4) is 0 Å². The summed E-state index contributed by atoms with van der Waals surface area (Å²) in [4.78, 5) is 4.67. The predicted octanol–water partition coefficient (Wildman–Crippen LogP) is 5.33. The number of aliphatic imine (C=N–C) groups is 1. The fourth-order valence-corrected chi connectivity index (χ4v) is 2.68. The molecule has 6 heteroatoms. The molecule has 1 fully saturated rings. The van der Waals surface area contributed by atoms with Crippen LogP contribution in [-0.2, 0) is 20.8 Å². The number of rotatable bonds is 3. The van der Waals surface area contributed by atoms with Crippen molar-refractivity contribution in [3.05, 3.63) is 23.3 Å². The van der Waals surface area contributed by atoms with Gasteiger partial charge in [-0.25, -0.2) is 0 Å². The maximum Gasteiger partial charge on any atom is 0 e. The number of ether oxygens (including phenoxy) is 1. The smallest absolute Gasteiger partial charge is 0 e. The molecule has 1 aliphatic rings. The molecule has 124 valence electrons. The van der Waals surface area contributed by atoms with Gasteiger partial charge in [-0.3, -0.25) is 4.99 Å². The van der Waals surface area contributed by atoms with Crippen LogP contribution in [0.25, 0.3) is 0 Å². The SMILES string of the molecule is COc1cc(C)c(O)c(C=NC2CCCCC2C)c1.[Cl][Zr][Cl].[HH]. The topological polar surface area (TPSA) is 41.8 Å². The molecule has 0 aromatic heterocycles. The second-order valence-electron chi connectivity index (χ2n) is 5.56. The minimum Gasteiger partial charge on any atom is 0 e.